The summed E-state index contributed by atoms with van der Waals surface area (Å²) in [5.41, 5.74) is 1.34. The number of halogens is 1. The minimum absolute atomic E-state index is 0.640. The predicted molar refractivity (Wildman–Crippen MR) is 81.4 cm³/mol. The van der Waals surface area contributed by atoms with Gasteiger partial charge in [0, 0.05) is 13.1 Å². The molecule has 0 saturated heterocycles. The number of para-hydroxylation sites is 1. The molecule has 0 bridgehead atoms. The van der Waals surface area contributed by atoms with Gasteiger partial charge < -0.3 is 14.4 Å². The SMILES string of the molecule is COc1cccc(I)c1OCC1=CCCN(C)C1. The fourth-order valence-corrected chi connectivity index (χ4v) is 2.67. The molecule has 98 valence electrons. The summed E-state index contributed by atoms with van der Waals surface area (Å²) in [7, 11) is 3.81. The topological polar surface area (TPSA) is 21.7 Å². The van der Waals surface area contributed by atoms with Crippen LogP contribution in [0.3, 0.4) is 0 Å². The second-order valence-corrected chi connectivity index (χ2v) is 5.61. The Morgan fingerprint density at radius 2 is 2.22 bits per heavy atom. The molecule has 1 heterocycles. The Morgan fingerprint density at radius 3 is 2.94 bits per heavy atom. The average Bonchev–Trinajstić information content (AvgIpc) is 2.37. The molecule has 1 aliphatic heterocycles. The fourth-order valence-electron chi connectivity index (χ4n) is 2.04. The molecule has 4 heteroatoms. The van der Waals surface area contributed by atoms with Crippen molar-refractivity contribution in [2.45, 2.75) is 6.42 Å². The van der Waals surface area contributed by atoms with E-state index in [9.17, 15) is 0 Å². The quantitative estimate of drug-likeness (QED) is 0.610. The van der Waals surface area contributed by atoms with Crippen molar-refractivity contribution in [3.8, 4) is 11.5 Å². The molecule has 0 amide bonds. The number of ether oxygens (including phenoxy) is 2. The van der Waals surface area contributed by atoms with Crippen LogP contribution in [0.1, 0.15) is 6.42 Å². The number of hydrogen-bond acceptors (Lipinski definition) is 3. The van der Waals surface area contributed by atoms with E-state index in [4.69, 9.17) is 9.47 Å². The standard InChI is InChI=1S/C14H18INO2/c1-16-8-4-5-11(9-16)10-18-14-12(15)6-3-7-13(14)17-2/h3,5-7H,4,8-10H2,1-2H3. The van der Waals surface area contributed by atoms with E-state index < -0.39 is 0 Å². The number of likely N-dealkylation sites (N-methyl/N-ethyl adjacent to an activating group) is 1. The highest BCUT2D eigenvalue weighted by atomic mass is 127. The Kier molecular flexibility index (Phi) is 4.88. The van der Waals surface area contributed by atoms with E-state index in [2.05, 4.69) is 40.6 Å². The molecule has 1 aromatic rings. The summed E-state index contributed by atoms with van der Waals surface area (Å²) in [5, 5.41) is 0. The maximum absolute atomic E-state index is 5.92. The summed E-state index contributed by atoms with van der Waals surface area (Å²) >= 11 is 2.27. The van der Waals surface area contributed by atoms with Crippen molar-refractivity contribution in [3.05, 3.63) is 33.4 Å². The first-order valence-electron chi connectivity index (χ1n) is 6.02. The van der Waals surface area contributed by atoms with Crippen molar-refractivity contribution in [1.29, 1.82) is 0 Å². The number of benzene rings is 1. The van der Waals surface area contributed by atoms with Gasteiger partial charge in [0.2, 0.25) is 0 Å². The highest BCUT2D eigenvalue weighted by Crippen LogP contribution is 2.32. The van der Waals surface area contributed by atoms with E-state index in [1.54, 1.807) is 7.11 Å². The first-order valence-corrected chi connectivity index (χ1v) is 7.10. The Hall–Kier alpha value is -0.750. The van der Waals surface area contributed by atoms with Gasteiger partial charge in [-0.1, -0.05) is 12.1 Å². The molecule has 0 unspecified atom stereocenters. The van der Waals surface area contributed by atoms with E-state index in [1.165, 1.54) is 5.57 Å². The van der Waals surface area contributed by atoms with Crippen molar-refractivity contribution >= 4 is 22.6 Å². The summed E-state index contributed by atoms with van der Waals surface area (Å²) in [6, 6.07) is 5.93. The maximum atomic E-state index is 5.92. The largest absolute Gasteiger partial charge is 0.493 e. The summed E-state index contributed by atoms with van der Waals surface area (Å²) in [4.78, 5) is 2.31. The molecule has 0 saturated carbocycles. The molecular weight excluding hydrogens is 341 g/mol. The Balaban J connectivity index is 2.04. The molecule has 18 heavy (non-hydrogen) atoms. The van der Waals surface area contributed by atoms with Crippen LogP contribution in [0.4, 0.5) is 0 Å². The fraction of sp³-hybridized carbons (Fsp3) is 0.429. The normalized spacial score (nSPS) is 16.3. The molecule has 0 aliphatic carbocycles. The zero-order chi connectivity index (χ0) is 13.0. The van der Waals surface area contributed by atoms with Gasteiger partial charge in [0.1, 0.15) is 6.61 Å². The molecule has 0 spiro atoms. The van der Waals surface area contributed by atoms with Crippen molar-refractivity contribution in [3.63, 3.8) is 0 Å². The first-order chi connectivity index (χ1) is 8.70. The minimum Gasteiger partial charge on any atom is -0.493 e. The third-order valence-corrected chi connectivity index (χ3v) is 3.82. The van der Waals surface area contributed by atoms with Crippen molar-refractivity contribution < 1.29 is 9.47 Å². The van der Waals surface area contributed by atoms with Crippen molar-refractivity contribution in [2.24, 2.45) is 0 Å². The molecule has 1 aromatic carbocycles. The molecule has 0 radical (unpaired) electrons. The van der Waals surface area contributed by atoms with Gasteiger partial charge in [0.05, 0.1) is 10.7 Å². The maximum Gasteiger partial charge on any atom is 0.174 e. The second kappa shape index (κ2) is 6.43. The minimum atomic E-state index is 0.640. The number of rotatable bonds is 4. The van der Waals surface area contributed by atoms with Crippen molar-refractivity contribution in [2.75, 3.05) is 33.9 Å². The van der Waals surface area contributed by atoms with E-state index >= 15 is 0 Å². The van der Waals surface area contributed by atoms with E-state index in [1.807, 2.05) is 18.2 Å². The third kappa shape index (κ3) is 3.38. The summed E-state index contributed by atoms with van der Waals surface area (Å²) in [6.45, 7) is 2.77. The van der Waals surface area contributed by atoms with Gasteiger partial charge in [-0.2, -0.15) is 0 Å². The lowest BCUT2D eigenvalue weighted by Gasteiger charge is -2.23. The summed E-state index contributed by atoms with van der Waals surface area (Å²) in [5.74, 6) is 1.64. The average molecular weight is 359 g/mol. The first kappa shape index (κ1) is 13.7. The zero-order valence-electron chi connectivity index (χ0n) is 10.8. The van der Waals surface area contributed by atoms with Crippen LogP contribution in [0.2, 0.25) is 0 Å². The van der Waals surface area contributed by atoms with E-state index in [-0.39, 0.29) is 0 Å². The van der Waals surface area contributed by atoms with Crippen LogP contribution in [0, 0.1) is 3.57 Å². The van der Waals surface area contributed by atoms with Crippen LogP contribution < -0.4 is 9.47 Å². The molecule has 0 fully saturated rings. The molecule has 3 nitrogen and oxygen atoms in total. The third-order valence-electron chi connectivity index (χ3n) is 2.97. The van der Waals surface area contributed by atoms with Gasteiger partial charge in [-0.25, -0.2) is 0 Å². The summed E-state index contributed by atoms with van der Waals surface area (Å²) in [6.07, 6.45) is 3.39. The number of methoxy groups -OCH3 is 1. The van der Waals surface area contributed by atoms with Gasteiger partial charge in [-0.15, -0.1) is 0 Å². The van der Waals surface area contributed by atoms with Crippen molar-refractivity contribution in [1.82, 2.24) is 4.90 Å². The molecule has 0 aromatic heterocycles. The van der Waals surface area contributed by atoms with Crippen LogP contribution in [0.25, 0.3) is 0 Å². The van der Waals surface area contributed by atoms with Crippen LogP contribution in [-0.4, -0.2) is 38.8 Å². The predicted octanol–water partition coefficient (Wildman–Crippen LogP) is 2.94. The van der Waals surface area contributed by atoms with Gasteiger partial charge >= 0.3 is 0 Å². The molecular formula is C14H18INO2. The molecule has 2 rings (SSSR count). The lowest BCUT2D eigenvalue weighted by molar-refractivity contribution is 0.288. The lowest BCUT2D eigenvalue weighted by Crippen LogP contribution is -2.27. The van der Waals surface area contributed by atoms with E-state index in [0.29, 0.717) is 6.61 Å². The van der Waals surface area contributed by atoms with Crippen LogP contribution >= 0.6 is 22.6 Å². The zero-order valence-corrected chi connectivity index (χ0v) is 12.9. The highest BCUT2D eigenvalue weighted by molar-refractivity contribution is 14.1. The van der Waals surface area contributed by atoms with Gasteiger partial charge in [0.15, 0.2) is 11.5 Å². The highest BCUT2D eigenvalue weighted by Gasteiger charge is 2.12. The Morgan fingerprint density at radius 1 is 1.39 bits per heavy atom. The Bertz CT molecular complexity index is 445. The molecule has 1 aliphatic rings. The van der Waals surface area contributed by atoms with Crippen LogP contribution in [0.5, 0.6) is 11.5 Å². The molecule has 0 N–H and O–H groups in total. The van der Waals surface area contributed by atoms with Gasteiger partial charge in [-0.05, 0) is 53.8 Å². The monoisotopic (exact) mass is 359 g/mol. The summed E-state index contributed by atoms with van der Waals surface area (Å²) < 4.78 is 12.3. The smallest absolute Gasteiger partial charge is 0.174 e. The number of nitrogens with zero attached hydrogens (tertiary/aromatic N) is 1. The Labute approximate surface area is 122 Å². The van der Waals surface area contributed by atoms with E-state index in [0.717, 1.165) is 34.6 Å². The number of hydrogen-bond donors (Lipinski definition) is 0. The molecule has 0 atom stereocenters. The van der Waals surface area contributed by atoms with Gasteiger partial charge in [0.25, 0.3) is 0 Å². The van der Waals surface area contributed by atoms with Gasteiger partial charge in [-0.3, -0.25) is 0 Å². The lowest BCUT2D eigenvalue weighted by atomic mass is 10.1. The van der Waals surface area contributed by atoms with Crippen LogP contribution in [0.15, 0.2) is 29.8 Å². The van der Waals surface area contributed by atoms with Crippen LogP contribution in [-0.2, 0) is 0 Å². The second-order valence-electron chi connectivity index (χ2n) is 4.45.